The van der Waals surface area contributed by atoms with Gasteiger partial charge in [0.2, 0.25) is 0 Å². The Hall–Kier alpha value is -2.94. The van der Waals surface area contributed by atoms with Crippen LogP contribution >= 0.6 is 0 Å². The third-order valence-corrected chi connectivity index (χ3v) is 6.54. The maximum Gasteiger partial charge on any atom is 0.312 e. The summed E-state index contributed by atoms with van der Waals surface area (Å²) >= 11 is 0. The summed E-state index contributed by atoms with van der Waals surface area (Å²) < 4.78 is 16.5. The van der Waals surface area contributed by atoms with Gasteiger partial charge in [-0.25, -0.2) is 0 Å². The number of aliphatic hydroxyl groups is 1. The maximum absolute atomic E-state index is 13.6. The van der Waals surface area contributed by atoms with Gasteiger partial charge in [-0.05, 0) is 72.8 Å². The van der Waals surface area contributed by atoms with Crippen LogP contribution in [0.4, 0.5) is 0 Å². The molecule has 9 heteroatoms. The molecule has 0 saturated heterocycles. The van der Waals surface area contributed by atoms with Crippen LogP contribution in [-0.4, -0.2) is 52.4 Å². The van der Waals surface area contributed by atoms with Gasteiger partial charge in [-0.15, -0.1) is 0 Å². The largest absolute Gasteiger partial charge is 0.481 e. The molecule has 39 heavy (non-hydrogen) atoms. The molecule has 1 aromatic carbocycles. The summed E-state index contributed by atoms with van der Waals surface area (Å²) in [5, 5.41) is 19.5. The molecule has 0 aliphatic heterocycles. The van der Waals surface area contributed by atoms with E-state index >= 15 is 0 Å². The average Bonchev–Trinajstić information content (AvgIpc) is 2.83. The second kappa shape index (κ2) is 14.4. The van der Waals surface area contributed by atoms with Gasteiger partial charge in [0.05, 0.1) is 28.8 Å². The quantitative estimate of drug-likeness (QED) is 0.230. The number of aliphatic hydroxyl groups excluding tert-OH is 1. The normalized spacial score (nSPS) is 17.1. The van der Waals surface area contributed by atoms with E-state index in [1.54, 1.807) is 60.6 Å². The van der Waals surface area contributed by atoms with E-state index in [9.17, 15) is 29.4 Å². The summed E-state index contributed by atoms with van der Waals surface area (Å²) in [6.07, 6.45) is -0.879. The molecule has 5 atom stereocenters. The number of carbonyl (C=O) groups is 4. The first-order valence-electron chi connectivity index (χ1n) is 13.4. The summed E-state index contributed by atoms with van der Waals surface area (Å²) in [7, 11) is 0. The van der Waals surface area contributed by atoms with Crippen molar-refractivity contribution in [3.05, 3.63) is 35.9 Å². The van der Waals surface area contributed by atoms with Crippen LogP contribution < -0.4 is 0 Å². The van der Waals surface area contributed by atoms with Crippen LogP contribution in [-0.2, 0) is 40.0 Å². The lowest BCUT2D eigenvalue weighted by Gasteiger charge is -2.39. The molecule has 2 N–H and O–H groups in total. The molecule has 0 aromatic heterocycles. The second-order valence-corrected chi connectivity index (χ2v) is 12.1. The van der Waals surface area contributed by atoms with Gasteiger partial charge < -0.3 is 24.4 Å². The SMILES string of the molecule is CCC(CC(C)(CC(C)(CC(C)C(=O)OC(C)(C)C)C(=O)OCC(C)O)C(=O)OCc1ccccc1)C(=O)O. The summed E-state index contributed by atoms with van der Waals surface area (Å²) in [5.41, 5.74) is -2.78. The van der Waals surface area contributed by atoms with Crippen LogP contribution in [0, 0.1) is 22.7 Å². The fourth-order valence-corrected chi connectivity index (χ4v) is 4.70. The van der Waals surface area contributed by atoms with Gasteiger partial charge in [0.25, 0.3) is 0 Å². The fraction of sp³-hybridized carbons (Fsp3) is 0.667. The topological polar surface area (TPSA) is 136 Å². The summed E-state index contributed by atoms with van der Waals surface area (Å²) in [5.74, 6) is -4.52. The molecular formula is C30H46O9. The van der Waals surface area contributed by atoms with Gasteiger partial charge >= 0.3 is 23.9 Å². The summed E-state index contributed by atoms with van der Waals surface area (Å²) in [4.78, 5) is 51.8. The summed E-state index contributed by atoms with van der Waals surface area (Å²) in [6.45, 7) is 12.9. The van der Waals surface area contributed by atoms with Gasteiger partial charge in [-0.3, -0.25) is 19.2 Å². The highest BCUT2D eigenvalue weighted by molar-refractivity contribution is 5.82. The first kappa shape index (κ1) is 34.1. The Balaban J connectivity index is 3.41. The first-order chi connectivity index (χ1) is 17.9. The monoisotopic (exact) mass is 550 g/mol. The lowest BCUT2D eigenvalue weighted by molar-refractivity contribution is -0.170. The zero-order chi connectivity index (χ0) is 30.0. The molecule has 1 aromatic rings. The van der Waals surface area contributed by atoms with Gasteiger partial charge in [0.15, 0.2) is 0 Å². The Bertz CT molecular complexity index is 966. The molecule has 0 saturated carbocycles. The Morgan fingerprint density at radius 1 is 0.872 bits per heavy atom. The molecule has 0 radical (unpaired) electrons. The number of carboxylic acid groups (broad SMARTS) is 1. The minimum absolute atomic E-state index is 0.0172. The Kier molecular flexibility index (Phi) is 12.6. The number of rotatable bonds is 15. The molecule has 9 nitrogen and oxygen atoms in total. The molecule has 0 amide bonds. The minimum atomic E-state index is -1.40. The van der Waals surface area contributed by atoms with Crippen molar-refractivity contribution >= 4 is 23.9 Å². The van der Waals surface area contributed by atoms with E-state index in [-0.39, 0.29) is 38.9 Å². The van der Waals surface area contributed by atoms with E-state index < -0.39 is 58.2 Å². The van der Waals surface area contributed by atoms with E-state index in [1.807, 2.05) is 18.2 Å². The molecule has 0 bridgehead atoms. The van der Waals surface area contributed by atoms with Crippen molar-refractivity contribution < 1.29 is 43.6 Å². The number of hydrogen-bond donors (Lipinski definition) is 2. The molecule has 0 aliphatic rings. The second-order valence-electron chi connectivity index (χ2n) is 12.1. The van der Waals surface area contributed by atoms with Crippen molar-refractivity contribution in [1.29, 1.82) is 0 Å². The van der Waals surface area contributed by atoms with Crippen molar-refractivity contribution in [3.63, 3.8) is 0 Å². The number of benzene rings is 1. The lowest BCUT2D eigenvalue weighted by atomic mass is 9.66. The Morgan fingerprint density at radius 3 is 1.90 bits per heavy atom. The van der Waals surface area contributed by atoms with E-state index in [0.29, 0.717) is 0 Å². The number of aliphatic carboxylic acids is 1. The third-order valence-electron chi connectivity index (χ3n) is 6.54. The maximum atomic E-state index is 13.6. The molecule has 0 aliphatic carbocycles. The van der Waals surface area contributed by atoms with E-state index in [1.165, 1.54) is 6.92 Å². The lowest BCUT2D eigenvalue weighted by Crippen LogP contribution is -2.44. The van der Waals surface area contributed by atoms with Crippen LogP contribution in [0.3, 0.4) is 0 Å². The van der Waals surface area contributed by atoms with E-state index in [0.717, 1.165) is 5.56 Å². The van der Waals surface area contributed by atoms with Crippen molar-refractivity contribution in [2.45, 2.75) is 99.4 Å². The standard InChI is InChI=1S/C30H46O9/c1-9-23(24(32)33)16-30(8,27(36)38-18-22-13-11-10-12-14-22)19-29(7,26(35)37-17-21(3)31)15-20(2)25(34)39-28(4,5)6/h10-14,20-21,23,31H,9,15-19H2,1-8H3,(H,32,33). The van der Waals surface area contributed by atoms with Gasteiger partial charge in [-0.1, -0.05) is 44.2 Å². The average molecular weight is 551 g/mol. The van der Waals surface area contributed by atoms with Crippen molar-refractivity contribution in [1.82, 2.24) is 0 Å². The molecule has 1 rings (SSSR count). The van der Waals surface area contributed by atoms with Crippen molar-refractivity contribution in [3.8, 4) is 0 Å². The molecule has 0 spiro atoms. The van der Waals surface area contributed by atoms with E-state index in [2.05, 4.69) is 0 Å². The highest BCUT2D eigenvalue weighted by Crippen LogP contribution is 2.45. The van der Waals surface area contributed by atoms with E-state index in [4.69, 9.17) is 14.2 Å². The molecule has 220 valence electrons. The van der Waals surface area contributed by atoms with Crippen LogP contribution in [0.25, 0.3) is 0 Å². The molecule has 0 heterocycles. The van der Waals surface area contributed by atoms with Crippen molar-refractivity contribution in [2.24, 2.45) is 22.7 Å². The zero-order valence-electron chi connectivity index (χ0n) is 24.6. The zero-order valence-corrected chi connectivity index (χ0v) is 24.6. The van der Waals surface area contributed by atoms with Gasteiger partial charge in [-0.2, -0.15) is 0 Å². The highest BCUT2D eigenvalue weighted by atomic mass is 16.6. The Morgan fingerprint density at radius 2 is 1.41 bits per heavy atom. The summed E-state index contributed by atoms with van der Waals surface area (Å²) in [6, 6.07) is 9.07. The first-order valence-corrected chi connectivity index (χ1v) is 13.4. The van der Waals surface area contributed by atoms with Gasteiger partial charge in [0, 0.05) is 0 Å². The van der Waals surface area contributed by atoms with Crippen LogP contribution in [0.5, 0.6) is 0 Å². The molecule has 5 unspecified atom stereocenters. The van der Waals surface area contributed by atoms with Crippen LogP contribution in [0.1, 0.15) is 86.6 Å². The third kappa shape index (κ3) is 11.4. The van der Waals surface area contributed by atoms with Crippen molar-refractivity contribution in [2.75, 3.05) is 6.61 Å². The smallest absolute Gasteiger partial charge is 0.312 e. The number of carbonyl (C=O) groups excluding carboxylic acids is 3. The van der Waals surface area contributed by atoms with Crippen LogP contribution in [0.2, 0.25) is 0 Å². The molecular weight excluding hydrogens is 504 g/mol. The Labute approximate surface area is 232 Å². The van der Waals surface area contributed by atoms with Crippen LogP contribution in [0.15, 0.2) is 30.3 Å². The highest BCUT2D eigenvalue weighted by Gasteiger charge is 2.49. The molecule has 0 fully saturated rings. The number of ether oxygens (including phenoxy) is 3. The fourth-order valence-electron chi connectivity index (χ4n) is 4.70. The predicted octanol–water partition coefficient (Wildman–Crippen LogP) is 4.93. The number of hydrogen-bond acceptors (Lipinski definition) is 8. The number of carboxylic acids is 1. The minimum Gasteiger partial charge on any atom is -0.481 e. The number of esters is 3. The predicted molar refractivity (Wildman–Crippen MR) is 145 cm³/mol. The van der Waals surface area contributed by atoms with Gasteiger partial charge in [0.1, 0.15) is 18.8 Å².